The second-order valence-corrected chi connectivity index (χ2v) is 4.65. The smallest absolute Gasteiger partial charge is 0.0814 e. The summed E-state index contributed by atoms with van der Waals surface area (Å²) in [6.45, 7) is 4.55. The second-order valence-electron chi connectivity index (χ2n) is 4.65. The first-order valence-corrected chi connectivity index (χ1v) is 5.73. The summed E-state index contributed by atoms with van der Waals surface area (Å²) in [5.41, 5.74) is -0.327. The van der Waals surface area contributed by atoms with Crippen molar-refractivity contribution in [3.8, 4) is 0 Å². The maximum absolute atomic E-state index is 10.5. The van der Waals surface area contributed by atoms with E-state index in [1.54, 1.807) is 0 Å². The summed E-state index contributed by atoms with van der Waals surface area (Å²) in [5, 5.41) is 10.5. The molecule has 2 nitrogen and oxygen atoms in total. The van der Waals surface area contributed by atoms with E-state index in [-0.39, 0.29) is 5.60 Å². The topological polar surface area (TPSA) is 23.5 Å². The number of hydrogen-bond acceptors (Lipinski definition) is 2. The Kier molecular flexibility index (Phi) is 2.61. The number of aliphatic hydroxyl groups is 1. The number of fused-ring (bicyclic) bond motifs is 1. The van der Waals surface area contributed by atoms with Crippen molar-refractivity contribution in [2.24, 2.45) is 0 Å². The molecule has 0 saturated carbocycles. The van der Waals surface area contributed by atoms with Crippen LogP contribution in [0.2, 0.25) is 0 Å². The lowest BCUT2D eigenvalue weighted by atomic mass is 9.88. The van der Waals surface area contributed by atoms with Crippen molar-refractivity contribution in [3.05, 3.63) is 0 Å². The minimum Gasteiger partial charge on any atom is -0.388 e. The lowest BCUT2D eigenvalue weighted by molar-refractivity contribution is 0.00401. The highest BCUT2D eigenvalue weighted by Crippen LogP contribution is 2.38. The largest absolute Gasteiger partial charge is 0.388 e. The van der Waals surface area contributed by atoms with Gasteiger partial charge in [0.15, 0.2) is 0 Å². The lowest BCUT2D eigenvalue weighted by Gasteiger charge is -2.29. The van der Waals surface area contributed by atoms with E-state index < -0.39 is 0 Å². The van der Waals surface area contributed by atoms with E-state index in [9.17, 15) is 5.11 Å². The van der Waals surface area contributed by atoms with Crippen molar-refractivity contribution in [2.75, 3.05) is 13.1 Å². The van der Waals surface area contributed by atoms with Crippen molar-refractivity contribution in [2.45, 2.75) is 57.1 Å². The van der Waals surface area contributed by atoms with Crippen LogP contribution in [0.1, 0.15) is 45.4 Å². The standard InChI is InChI=1S/C11H21NO/c1-2-3-6-11(13)7-9-12-8-4-5-10(11)12/h10,13H,2-9H2,1H3. The number of hydrogen-bond donors (Lipinski definition) is 1. The van der Waals surface area contributed by atoms with Gasteiger partial charge >= 0.3 is 0 Å². The molecule has 2 rings (SSSR count). The molecule has 2 heteroatoms. The molecule has 2 heterocycles. The molecule has 0 radical (unpaired) electrons. The summed E-state index contributed by atoms with van der Waals surface area (Å²) in [6.07, 6.45) is 6.93. The molecule has 1 N–H and O–H groups in total. The van der Waals surface area contributed by atoms with E-state index in [1.807, 2.05) is 0 Å². The van der Waals surface area contributed by atoms with Crippen LogP contribution in [-0.4, -0.2) is 34.7 Å². The Bertz CT molecular complexity index is 183. The first-order chi connectivity index (χ1) is 6.26. The molecule has 0 aliphatic carbocycles. The molecule has 0 amide bonds. The van der Waals surface area contributed by atoms with Gasteiger partial charge in [-0.25, -0.2) is 0 Å². The van der Waals surface area contributed by atoms with Crippen LogP contribution in [0.3, 0.4) is 0 Å². The van der Waals surface area contributed by atoms with Gasteiger partial charge in [-0.3, -0.25) is 4.90 Å². The van der Waals surface area contributed by atoms with Crippen molar-refractivity contribution < 1.29 is 5.11 Å². The van der Waals surface area contributed by atoms with Gasteiger partial charge in [0.05, 0.1) is 5.60 Å². The number of nitrogens with zero attached hydrogens (tertiary/aromatic N) is 1. The van der Waals surface area contributed by atoms with Crippen LogP contribution < -0.4 is 0 Å². The highest BCUT2D eigenvalue weighted by atomic mass is 16.3. The Balaban J connectivity index is 1.97. The summed E-state index contributed by atoms with van der Waals surface area (Å²) < 4.78 is 0. The quantitative estimate of drug-likeness (QED) is 0.721. The fourth-order valence-electron chi connectivity index (χ4n) is 2.98. The maximum atomic E-state index is 10.5. The molecular weight excluding hydrogens is 162 g/mol. The minimum absolute atomic E-state index is 0.327. The van der Waals surface area contributed by atoms with E-state index in [0.717, 1.165) is 19.4 Å². The van der Waals surface area contributed by atoms with Crippen molar-refractivity contribution in [3.63, 3.8) is 0 Å². The zero-order chi connectivity index (χ0) is 9.31. The molecule has 0 aromatic rings. The van der Waals surface area contributed by atoms with E-state index >= 15 is 0 Å². The third-order valence-electron chi connectivity index (χ3n) is 3.78. The van der Waals surface area contributed by atoms with E-state index in [4.69, 9.17) is 0 Å². The van der Waals surface area contributed by atoms with Crippen LogP contribution in [-0.2, 0) is 0 Å². The zero-order valence-electron chi connectivity index (χ0n) is 8.63. The van der Waals surface area contributed by atoms with Crippen LogP contribution in [0.25, 0.3) is 0 Å². The monoisotopic (exact) mass is 183 g/mol. The fraction of sp³-hybridized carbons (Fsp3) is 1.00. The molecule has 0 aromatic carbocycles. The van der Waals surface area contributed by atoms with Crippen molar-refractivity contribution in [1.29, 1.82) is 0 Å². The molecule has 2 unspecified atom stereocenters. The SMILES string of the molecule is CCCCC1(O)CCN2CCCC21. The highest BCUT2D eigenvalue weighted by molar-refractivity contribution is 5.02. The number of unbranched alkanes of at least 4 members (excludes halogenated alkanes) is 1. The predicted octanol–water partition coefficient (Wildman–Crippen LogP) is 1.78. The molecule has 2 aliphatic heterocycles. The van der Waals surface area contributed by atoms with Crippen LogP contribution in [0.15, 0.2) is 0 Å². The summed E-state index contributed by atoms with van der Waals surface area (Å²) >= 11 is 0. The van der Waals surface area contributed by atoms with Gasteiger partial charge in [-0.2, -0.15) is 0 Å². The van der Waals surface area contributed by atoms with Crippen LogP contribution in [0.5, 0.6) is 0 Å². The summed E-state index contributed by atoms with van der Waals surface area (Å²) in [6, 6.07) is 0.499. The van der Waals surface area contributed by atoms with E-state index in [2.05, 4.69) is 11.8 Å². The molecule has 0 spiro atoms. The molecule has 2 aliphatic rings. The van der Waals surface area contributed by atoms with Crippen LogP contribution >= 0.6 is 0 Å². The highest BCUT2D eigenvalue weighted by Gasteiger charge is 2.46. The van der Waals surface area contributed by atoms with Crippen LogP contribution in [0.4, 0.5) is 0 Å². The first kappa shape index (κ1) is 9.47. The van der Waals surface area contributed by atoms with Gasteiger partial charge in [-0.15, -0.1) is 0 Å². The Morgan fingerprint density at radius 1 is 1.46 bits per heavy atom. The molecule has 76 valence electrons. The average Bonchev–Trinajstić information content (AvgIpc) is 2.68. The molecular formula is C11H21NO. The van der Waals surface area contributed by atoms with Crippen molar-refractivity contribution >= 4 is 0 Å². The minimum atomic E-state index is -0.327. The third kappa shape index (κ3) is 1.62. The predicted molar refractivity (Wildman–Crippen MR) is 53.7 cm³/mol. The zero-order valence-corrected chi connectivity index (χ0v) is 8.63. The molecule has 13 heavy (non-hydrogen) atoms. The van der Waals surface area contributed by atoms with E-state index in [1.165, 1.54) is 32.2 Å². The van der Waals surface area contributed by atoms with Gasteiger partial charge in [0, 0.05) is 12.6 Å². The lowest BCUT2D eigenvalue weighted by Crippen LogP contribution is -2.41. The first-order valence-electron chi connectivity index (χ1n) is 5.73. The van der Waals surface area contributed by atoms with Gasteiger partial charge in [0.2, 0.25) is 0 Å². The maximum Gasteiger partial charge on any atom is 0.0814 e. The Morgan fingerprint density at radius 3 is 3.08 bits per heavy atom. The third-order valence-corrected chi connectivity index (χ3v) is 3.78. The molecule has 2 saturated heterocycles. The van der Waals surface area contributed by atoms with Crippen LogP contribution in [0, 0.1) is 0 Å². The van der Waals surface area contributed by atoms with Gasteiger partial charge in [-0.05, 0) is 32.2 Å². The second kappa shape index (κ2) is 3.58. The van der Waals surface area contributed by atoms with E-state index in [0.29, 0.717) is 6.04 Å². The van der Waals surface area contributed by atoms with Gasteiger partial charge < -0.3 is 5.11 Å². The Hall–Kier alpha value is -0.0800. The van der Waals surface area contributed by atoms with Gasteiger partial charge in [-0.1, -0.05) is 19.8 Å². The fourth-order valence-corrected chi connectivity index (χ4v) is 2.98. The Morgan fingerprint density at radius 2 is 2.31 bits per heavy atom. The number of rotatable bonds is 3. The normalized spacial score (nSPS) is 39.7. The molecule has 2 atom stereocenters. The van der Waals surface area contributed by atoms with Gasteiger partial charge in [0.1, 0.15) is 0 Å². The van der Waals surface area contributed by atoms with Gasteiger partial charge in [0.25, 0.3) is 0 Å². The summed E-state index contributed by atoms with van der Waals surface area (Å²) in [4.78, 5) is 2.48. The van der Waals surface area contributed by atoms with Crippen molar-refractivity contribution in [1.82, 2.24) is 4.90 Å². The molecule has 2 fully saturated rings. The molecule has 0 bridgehead atoms. The summed E-state index contributed by atoms with van der Waals surface area (Å²) in [7, 11) is 0. The average molecular weight is 183 g/mol. The summed E-state index contributed by atoms with van der Waals surface area (Å²) in [5.74, 6) is 0. The molecule has 0 aromatic heterocycles. The Labute approximate surface area is 80.9 Å².